The van der Waals surface area contributed by atoms with Gasteiger partial charge < -0.3 is 20.0 Å². The first-order valence-electron chi connectivity index (χ1n) is 14.8. The van der Waals surface area contributed by atoms with E-state index in [1.807, 2.05) is 33.8 Å². The highest BCUT2D eigenvalue weighted by Crippen LogP contribution is 2.34. The fraction of sp³-hybridized carbons (Fsp3) is 0.531. The Labute approximate surface area is 240 Å². The van der Waals surface area contributed by atoms with Crippen molar-refractivity contribution < 1.29 is 19.1 Å². The summed E-state index contributed by atoms with van der Waals surface area (Å²) in [7, 11) is 0. The van der Waals surface area contributed by atoms with Gasteiger partial charge in [-0.05, 0) is 115 Å². The molecule has 2 fully saturated rings. The molecule has 220 valence electrons. The van der Waals surface area contributed by atoms with Gasteiger partial charge in [0.15, 0.2) is 0 Å². The highest BCUT2D eigenvalue weighted by molar-refractivity contribution is 5.95. The monoisotopic (exact) mass is 563 g/mol. The lowest BCUT2D eigenvalue weighted by atomic mass is 9.85. The van der Waals surface area contributed by atoms with Crippen LogP contribution in [0.5, 0.6) is 0 Å². The summed E-state index contributed by atoms with van der Waals surface area (Å²) in [5.74, 6) is -0.767. The van der Waals surface area contributed by atoms with Crippen LogP contribution in [0.1, 0.15) is 88.2 Å². The average Bonchev–Trinajstić information content (AvgIpc) is 3.53. The smallest absolute Gasteiger partial charge is 0.280 e. The Morgan fingerprint density at radius 3 is 2.46 bits per heavy atom. The predicted octanol–water partition coefficient (Wildman–Crippen LogP) is 4.84. The normalized spacial score (nSPS) is 22.5. The van der Waals surface area contributed by atoms with E-state index in [-0.39, 0.29) is 30.0 Å². The average molecular weight is 564 g/mol. The van der Waals surface area contributed by atoms with Crippen LogP contribution in [0.3, 0.4) is 0 Å². The Hall–Kier alpha value is -3.30. The minimum atomic E-state index is -0.776. The number of aromatic nitrogens is 2. The maximum Gasteiger partial charge on any atom is 0.280 e. The summed E-state index contributed by atoms with van der Waals surface area (Å²) in [4.78, 5) is 35.9. The van der Waals surface area contributed by atoms with Gasteiger partial charge in [-0.15, -0.1) is 0 Å². The van der Waals surface area contributed by atoms with Crippen LogP contribution in [0.25, 0.3) is 11.0 Å². The van der Waals surface area contributed by atoms with Crippen LogP contribution < -0.4 is 10.9 Å². The highest BCUT2D eigenvalue weighted by atomic mass is 19.1. The SMILES string of the molecule is CC(C)NC(=O)C1CCC(n2/c(=N\C(=O)c3ccc(F)cc3)[nH]c3ccc(CN4CCC[C@H]4C(C)(C)O)cc32)CC1. The summed E-state index contributed by atoms with van der Waals surface area (Å²) < 4.78 is 15.6. The number of likely N-dealkylation sites (tertiary alicyclic amines) is 1. The van der Waals surface area contributed by atoms with E-state index in [0.717, 1.165) is 68.2 Å². The number of benzene rings is 2. The number of carbonyl (C=O) groups excluding carboxylic acids is 2. The number of aromatic amines is 1. The first kappa shape index (κ1) is 29.2. The molecule has 2 aromatic carbocycles. The zero-order valence-electron chi connectivity index (χ0n) is 24.5. The Morgan fingerprint density at radius 1 is 1.10 bits per heavy atom. The summed E-state index contributed by atoms with van der Waals surface area (Å²) in [5.41, 5.74) is 2.96. The van der Waals surface area contributed by atoms with Crippen molar-refractivity contribution in [3.63, 3.8) is 0 Å². The Kier molecular flexibility index (Phi) is 8.47. The van der Waals surface area contributed by atoms with Crippen molar-refractivity contribution >= 4 is 22.8 Å². The van der Waals surface area contributed by atoms with Crippen molar-refractivity contribution in [2.24, 2.45) is 10.9 Å². The van der Waals surface area contributed by atoms with Gasteiger partial charge in [0.05, 0.1) is 16.6 Å². The van der Waals surface area contributed by atoms with Crippen LogP contribution in [0.15, 0.2) is 47.5 Å². The second-order valence-electron chi connectivity index (χ2n) is 12.5. The summed E-state index contributed by atoms with van der Waals surface area (Å²) in [5, 5.41) is 13.8. The number of imidazole rings is 1. The van der Waals surface area contributed by atoms with Crippen molar-refractivity contribution in [3.05, 3.63) is 65.0 Å². The van der Waals surface area contributed by atoms with Gasteiger partial charge in [-0.1, -0.05) is 6.07 Å². The maximum atomic E-state index is 13.5. The molecule has 1 saturated carbocycles. The molecule has 2 aliphatic rings. The number of hydrogen-bond donors (Lipinski definition) is 3. The molecule has 8 nitrogen and oxygen atoms in total. The van der Waals surface area contributed by atoms with Crippen molar-refractivity contribution in [2.45, 2.75) is 96.5 Å². The molecule has 5 rings (SSSR count). The molecule has 0 unspecified atom stereocenters. The molecule has 2 amide bonds. The molecular weight excluding hydrogens is 521 g/mol. The summed E-state index contributed by atoms with van der Waals surface area (Å²) in [6, 6.07) is 12.0. The van der Waals surface area contributed by atoms with Gasteiger partial charge in [-0.3, -0.25) is 14.5 Å². The third-order valence-corrected chi connectivity index (χ3v) is 8.52. The van der Waals surface area contributed by atoms with Crippen LogP contribution in [0.2, 0.25) is 0 Å². The number of hydrogen-bond acceptors (Lipinski definition) is 4. The molecule has 2 heterocycles. The summed E-state index contributed by atoms with van der Waals surface area (Å²) in [6.45, 7) is 9.36. The fourth-order valence-corrected chi connectivity index (χ4v) is 6.53. The van der Waals surface area contributed by atoms with Crippen molar-refractivity contribution in [1.82, 2.24) is 19.8 Å². The molecule has 41 heavy (non-hydrogen) atoms. The molecule has 1 aliphatic heterocycles. The molecule has 3 N–H and O–H groups in total. The summed E-state index contributed by atoms with van der Waals surface area (Å²) in [6.07, 6.45) is 5.13. The fourth-order valence-electron chi connectivity index (χ4n) is 6.53. The molecule has 0 spiro atoms. The summed E-state index contributed by atoms with van der Waals surface area (Å²) >= 11 is 0. The van der Waals surface area contributed by atoms with Gasteiger partial charge in [0.2, 0.25) is 11.5 Å². The largest absolute Gasteiger partial charge is 0.389 e. The van der Waals surface area contributed by atoms with Gasteiger partial charge in [-0.2, -0.15) is 4.99 Å². The van der Waals surface area contributed by atoms with Gasteiger partial charge in [0.25, 0.3) is 5.91 Å². The molecule has 3 aromatic rings. The Balaban J connectivity index is 1.49. The lowest BCUT2D eigenvalue weighted by Gasteiger charge is -2.34. The lowest BCUT2D eigenvalue weighted by molar-refractivity contribution is -0.126. The van der Waals surface area contributed by atoms with Crippen molar-refractivity contribution in [1.29, 1.82) is 0 Å². The second kappa shape index (κ2) is 11.9. The minimum Gasteiger partial charge on any atom is -0.389 e. The van der Waals surface area contributed by atoms with Crippen LogP contribution >= 0.6 is 0 Å². The van der Waals surface area contributed by atoms with E-state index in [1.54, 1.807) is 0 Å². The molecule has 0 radical (unpaired) electrons. The van der Waals surface area contributed by atoms with E-state index in [9.17, 15) is 19.1 Å². The number of amides is 2. The molecule has 0 bridgehead atoms. The molecular formula is C32H42FN5O3. The number of nitrogens with zero attached hydrogens (tertiary/aromatic N) is 3. The first-order valence-corrected chi connectivity index (χ1v) is 14.8. The molecule has 1 aliphatic carbocycles. The van der Waals surface area contributed by atoms with Crippen LogP contribution in [0, 0.1) is 11.7 Å². The quantitative estimate of drug-likeness (QED) is 0.383. The van der Waals surface area contributed by atoms with E-state index in [0.29, 0.717) is 11.2 Å². The number of halogens is 1. The predicted molar refractivity (Wildman–Crippen MR) is 157 cm³/mol. The Bertz CT molecular complexity index is 1460. The van der Waals surface area contributed by atoms with Crippen LogP contribution in [-0.4, -0.2) is 55.6 Å². The number of aliphatic hydroxyl groups is 1. The number of carbonyl (C=O) groups is 2. The van der Waals surface area contributed by atoms with E-state index in [2.05, 4.69) is 36.9 Å². The Morgan fingerprint density at radius 2 is 1.80 bits per heavy atom. The van der Waals surface area contributed by atoms with Gasteiger partial charge in [-0.25, -0.2) is 4.39 Å². The molecule has 1 aromatic heterocycles. The van der Waals surface area contributed by atoms with E-state index in [4.69, 9.17) is 0 Å². The topological polar surface area (TPSA) is 103 Å². The van der Waals surface area contributed by atoms with Gasteiger partial charge in [0.1, 0.15) is 5.82 Å². The zero-order valence-corrected chi connectivity index (χ0v) is 24.5. The molecule has 1 atom stereocenters. The molecule has 1 saturated heterocycles. The highest BCUT2D eigenvalue weighted by Gasteiger charge is 2.36. The number of fused-ring (bicyclic) bond motifs is 1. The van der Waals surface area contributed by atoms with E-state index < -0.39 is 17.3 Å². The first-order chi connectivity index (χ1) is 19.5. The standard InChI is InChI=1S/C32H42FN5O3/c1-20(2)34-29(39)23-10-14-25(15-11-23)38-27-18-21(19-37-17-5-6-28(37)32(3,4)41)7-16-26(27)35-31(38)36-30(40)22-8-12-24(33)13-9-22/h7-9,12-13,16,18,20,23,25,28,41H,5-6,10-11,14-15,17,19H2,1-4H3,(H,34,39)(H,35,36,40)/t23?,25?,28-/m0/s1. The van der Waals surface area contributed by atoms with Crippen LogP contribution in [-0.2, 0) is 11.3 Å². The van der Waals surface area contributed by atoms with Gasteiger partial charge >= 0.3 is 0 Å². The van der Waals surface area contributed by atoms with Crippen molar-refractivity contribution in [3.8, 4) is 0 Å². The van der Waals surface area contributed by atoms with Crippen LogP contribution in [0.4, 0.5) is 4.39 Å². The van der Waals surface area contributed by atoms with E-state index >= 15 is 0 Å². The number of H-pyrrole nitrogens is 1. The van der Waals surface area contributed by atoms with E-state index in [1.165, 1.54) is 24.3 Å². The number of rotatable bonds is 7. The lowest BCUT2D eigenvalue weighted by Crippen LogP contribution is -2.45. The number of nitrogens with one attached hydrogen (secondary N) is 2. The van der Waals surface area contributed by atoms with Gasteiger partial charge in [0, 0.05) is 36.2 Å². The maximum absolute atomic E-state index is 13.5. The van der Waals surface area contributed by atoms with Crippen molar-refractivity contribution in [2.75, 3.05) is 6.54 Å². The second-order valence-corrected chi connectivity index (χ2v) is 12.5. The molecule has 9 heteroatoms. The zero-order chi connectivity index (χ0) is 29.3. The minimum absolute atomic E-state index is 0.0230. The third-order valence-electron chi connectivity index (χ3n) is 8.52. The third kappa shape index (κ3) is 6.62.